The fourth-order valence-corrected chi connectivity index (χ4v) is 1.28. The standard InChI is InChI=1S/C13H27NO2/c1-6-8-9-10-16-13(5,7-2)14-12(15)11(3)4/h11H,6-10H2,1-5H3,(H,14,15). The van der Waals surface area contributed by atoms with Gasteiger partial charge in [-0.1, -0.05) is 40.5 Å². The number of nitrogens with one attached hydrogen (secondary N) is 1. The van der Waals surface area contributed by atoms with Crippen molar-refractivity contribution in [3.8, 4) is 0 Å². The molecule has 0 aromatic carbocycles. The summed E-state index contributed by atoms with van der Waals surface area (Å²) in [4.78, 5) is 11.6. The molecule has 0 fully saturated rings. The number of carbonyl (C=O) groups is 1. The first kappa shape index (κ1) is 15.4. The Morgan fingerprint density at radius 1 is 1.31 bits per heavy atom. The summed E-state index contributed by atoms with van der Waals surface area (Å²) < 4.78 is 5.77. The van der Waals surface area contributed by atoms with Crippen molar-refractivity contribution in [2.45, 2.75) is 66.0 Å². The Labute approximate surface area is 99.9 Å². The minimum atomic E-state index is -0.505. The molecule has 0 saturated heterocycles. The molecule has 0 aliphatic heterocycles. The number of amides is 1. The van der Waals surface area contributed by atoms with E-state index in [-0.39, 0.29) is 11.8 Å². The molecule has 1 unspecified atom stereocenters. The molecule has 0 aliphatic rings. The second kappa shape index (κ2) is 7.66. The molecule has 96 valence electrons. The van der Waals surface area contributed by atoms with Crippen LogP contribution in [0, 0.1) is 5.92 Å². The Kier molecular flexibility index (Phi) is 7.39. The lowest BCUT2D eigenvalue weighted by atomic mass is 10.1. The van der Waals surface area contributed by atoms with Gasteiger partial charge in [-0.05, 0) is 19.8 Å². The highest BCUT2D eigenvalue weighted by atomic mass is 16.5. The molecular formula is C13H27NO2. The Balaban J connectivity index is 4.04. The summed E-state index contributed by atoms with van der Waals surface area (Å²) >= 11 is 0. The van der Waals surface area contributed by atoms with Gasteiger partial charge in [0.15, 0.2) is 0 Å². The molecule has 0 rings (SSSR count). The lowest BCUT2D eigenvalue weighted by Crippen LogP contribution is -2.49. The van der Waals surface area contributed by atoms with Gasteiger partial charge in [0.05, 0.1) is 0 Å². The van der Waals surface area contributed by atoms with Crippen LogP contribution in [0.4, 0.5) is 0 Å². The molecule has 3 heteroatoms. The molecule has 16 heavy (non-hydrogen) atoms. The van der Waals surface area contributed by atoms with Gasteiger partial charge in [0.2, 0.25) is 5.91 Å². The highest BCUT2D eigenvalue weighted by Crippen LogP contribution is 2.13. The van der Waals surface area contributed by atoms with Crippen molar-refractivity contribution >= 4 is 5.91 Å². The topological polar surface area (TPSA) is 38.3 Å². The summed E-state index contributed by atoms with van der Waals surface area (Å²) in [5.41, 5.74) is -0.505. The minimum absolute atomic E-state index is 0.00474. The van der Waals surface area contributed by atoms with Crippen LogP contribution in [0.2, 0.25) is 0 Å². The summed E-state index contributed by atoms with van der Waals surface area (Å²) in [7, 11) is 0. The van der Waals surface area contributed by atoms with E-state index in [9.17, 15) is 4.79 Å². The minimum Gasteiger partial charge on any atom is -0.356 e. The van der Waals surface area contributed by atoms with Crippen LogP contribution in [0.5, 0.6) is 0 Å². The molecule has 0 radical (unpaired) electrons. The molecule has 0 aliphatic carbocycles. The maximum absolute atomic E-state index is 11.6. The van der Waals surface area contributed by atoms with Gasteiger partial charge in [-0.25, -0.2) is 0 Å². The van der Waals surface area contributed by atoms with Gasteiger partial charge in [-0.2, -0.15) is 0 Å². The van der Waals surface area contributed by atoms with Gasteiger partial charge in [0.25, 0.3) is 0 Å². The van der Waals surface area contributed by atoms with Crippen LogP contribution >= 0.6 is 0 Å². The average Bonchev–Trinajstić information content (AvgIpc) is 2.24. The number of ether oxygens (including phenoxy) is 1. The fraction of sp³-hybridized carbons (Fsp3) is 0.923. The third-order valence-electron chi connectivity index (χ3n) is 2.76. The smallest absolute Gasteiger partial charge is 0.224 e. The second-order valence-electron chi connectivity index (χ2n) is 4.78. The van der Waals surface area contributed by atoms with Crippen LogP contribution in [0.25, 0.3) is 0 Å². The first-order chi connectivity index (χ1) is 7.45. The van der Waals surface area contributed by atoms with E-state index in [0.717, 1.165) is 19.4 Å². The lowest BCUT2D eigenvalue weighted by Gasteiger charge is -2.30. The van der Waals surface area contributed by atoms with Crippen LogP contribution < -0.4 is 5.32 Å². The number of rotatable bonds is 8. The molecule has 1 N–H and O–H groups in total. The van der Waals surface area contributed by atoms with E-state index in [4.69, 9.17) is 4.74 Å². The SMILES string of the molecule is CCCCCOC(C)(CC)NC(=O)C(C)C. The maximum Gasteiger partial charge on any atom is 0.224 e. The summed E-state index contributed by atoms with van der Waals surface area (Å²) in [6.07, 6.45) is 4.21. The zero-order chi connectivity index (χ0) is 12.6. The van der Waals surface area contributed by atoms with Crippen molar-refractivity contribution in [1.29, 1.82) is 0 Å². The van der Waals surface area contributed by atoms with E-state index in [2.05, 4.69) is 12.2 Å². The van der Waals surface area contributed by atoms with Crippen molar-refractivity contribution in [3.63, 3.8) is 0 Å². The molecule has 0 bridgehead atoms. The zero-order valence-corrected chi connectivity index (χ0v) is 11.4. The highest BCUT2D eigenvalue weighted by Gasteiger charge is 2.25. The first-order valence-electron chi connectivity index (χ1n) is 6.41. The van der Waals surface area contributed by atoms with Crippen molar-refractivity contribution in [3.05, 3.63) is 0 Å². The van der Waals surface area contributed by atoms with E-state index >= 15 is 0 Å². The van der Waals surface area contributed by atoms with E-state index < -0.39 is 5.72 Å². The third kappa shape index (κ3) is 6.11. The van der Waals surface area contributed by atoms with Gasteiger partial charge in [-0.3, -0.25) is 4.79 Å². The summed E-state index contributed by atoms with van der Waals surface area (Å²) in [6, 6.07) is 0. The molecule has 0 aromatic heterocycles. The summed E-state index contributed by atoms with van der Waals surface area (Å²) in [5, 5.41) is 2.96. The Hall–Kier alpha value is -0.570. The van der Waals surface area contributed by atoms with E-state index in [0.29, 0.717) is 0 Å². The van der Waals surface area contributed by atoms with Gasteiger partial charge < -0.3 is 10.1 Å². The van der Waals surface area contributed by atoms with E-state index in [1.54, 1.807) is 0 Å². The third-order valence-corrected chi connectivity index (χ3v) is 2.76. The molecule has 3 nitrogen and oxygen atoms in total. The van der Waals surface area contributed by atoms with Crippen LogP contribution in [-0.2, 0) is 9.53 Å². The van der Waals surface area contributed by atoms with Crippen molar-refractivity contribution in [2.24, 2.45) is 5.92 Å². The molecule has 0 saturated carbocycles. The van der Waals surface area contributed by atoms with Crippen LogP contribution in [0.15, 0.2) is 0 Å². The predicted molar refractivity (Wildman–Crippen MR) is 67.2 cm³/mol. The largest absolute Gasteiger partial charge is 0.356 e. The van der Waals surface area contributed by atoms with Crippen molar-refractivity contribution < 1.29 is 9.53 Å². The first-order valence-corrected chi connectivity index (χ1v) is 6.41. The lowest BCUT2D eigenvalue weighted by molar-refractivity contribution is -0.136. The van der Waals surface area contributed by atoms with Gasteiger partial charge in [0, 0.05) is 12.5 Å². The second-order valence-corrected chi connectivity index (χ2v) is 4.78. The van der Waals surface area contributed by atoms with Crippen molar-refractivity contribution in [2.75, 3.05) is 6.61 Å². The highest BCUT2D eigenvalue weighted by molar-refractivity contribution is 5.78. The summed E-state index contributed by atoms with van der Waals surface area (Å²) in [6.45, 7) is 10.6. The van der Waals surface area contributed by atoms with Gasteiger partial charge >= 0.3 is 0 Å². The number of hydrogen-bond acceptors (Lipinski definition) is 2. The van der Waals surface area contributed by atoms with Gasteiger partial charge in [-0.15, -0.1) is 0 Å². The average molecular weight is 229 g/mol. The summed E-state index contributed by atoms with van der Waals surface area (Å²) in [5.74, 6) is 0.0601. The number of carbonyl (C=O) groups excluding carboxylic acids is 1. The van der Waals surface area contributed by atoms with Crippen LogP contribution in [0.1, 0.15) is 60.3 Å². The van der Waals surface area contributed by atoms with E-state index in [1.165, 1.54) is 12.8 Å². The Morgan fingerprint density at radius 2 is 1.94 bits per heavy atom. The Morgan fingerprint density at radius 3 is 2.38 bits per heavy atom. The molecule has 0 spiro atoms. The molecular weight excluding hydrogens is 202 g/mol. The van der Waals surface area contributed by atoms with E-state index in [1.807, 2.05) is 27.7 Å². The predicted octanol–water partition coefficient (Wildman–Crippen LogP) is 3.09. The molecule has 1 amide bonds. The van der Waals surface area contributed by atoms with Crippen molar-refractivity contribution in [1.82, 2.24) is 5.32 Å². The molecule has 0 heterocycles. The molecule has 0 aromatic rings. The maximum atomic E-state index is 11.6. The Bertz CT molecular complexity index is 204. The molecule has 1 atom stereocenters. The quantitative estimate of drug-likeness (QED) is 0.513. The van der Waals surface area contributed by atoms with Gasteiger partial charge in [0.1, 0.15) is 5.72 Å². The number of unbranched alkanes of at least 4 members (excludes halogenated alkanes) is 2. The number of hydrogen-bond donors (Lipinski definition) is 1. The fourth-order valence-electron chi connectivity index (χ4n) is 1.28. The van der Waals surface area contributed by atoms with Crippen LogP contribution in [0.3, 0.4) is 0 Å². The van der Waals surface area contributed by atoms with Crippen LogP contribution in [-0.4, -0.2) is 18.2 Å². The normalized spacial score (nSPS) is 14.9. The monoisotopic (exact) mass is 229 g/mol. The zero-order valence-electron chi connectivity index (χ0n) is 11.4.